The summed E-state index contributed by atoms with van der Waals surface area (Å²) < 4.78 is 1.73. The molecule has 4 heterocycles. The van der Waals surface area contributed by atoms with Crippen molar-refractivity contribution < 1.29 is 0 Å². The predicted octanol–water partition coefficient (Wildman–Crippen LogP) is 2.83. The number of nitrogens with zero attached hydrogens (tertiary/aromatic N) is 8. The minimum atomic E-state index is 0.549. The summed E-state index contributed by atoms with van der Waals surface area (Å²) in [5.74, 6) is 3.03. The maximum Gasteiger partial charge on any atom is 0.159 e. The first kappa shape index (κ1) is 19.2. The molecule has 0 saturated carbocycles. The molecule has 0 amide bonds. The summed E-state index contributed by atoms with van der Waals surface area (Å²) in [6, 6.07) is 6.09. The average Bonchev–Trinajstić information content (AvgIpc) is 3.26. The van der Waals surface area contributed by atoms with E-state index in [1.165, 1.54) is 0 Å². The third-order valence-electron chi connectivity index (χ3n) is 5.08. The number of hydrogen-bond acceptors (Lipinski definition) is 7. The lowest BCUT2D eigenvalue weighted by Crippen LogP contribution is -2.47. The quantitative estimate of drug-likeness (QED) is 0.658. The Morgan fingerprint density at radius 3 is 2.34 bits per heavy atom. The van der Waals surface area contributed by atoms with E-state index in [1.54, 1.807) is 10.9 Å². The van der Waals surface area contributed by atoms with Gasteiger partial charge in [-0.3, -0.25) is 0 Å². The summed E-state index contributed by atoms with van der Waals surface area (Å²) in [5, 5.41) is 14.4. The number of rotatable bonds is 3. The summed E-state index contributed by atoms with van der Waals surface area (Å²) in [6.45, 7) is 8.64. The van der Waals surface area contributed by atoms with Gasteiger partial charge in [0.15, 0.2) is 5.82 Å². The number of hydrogen-bond donors (Lipinski definition) is 0. The second-order valence-electron chi connectivity index (χ2n) is 7.00. The molecule has 1 fully saturated rings. The number of piperazine rings is 1. The second-order valence-corrected chi connectivity index (χ2v) is 7.38. The Morgan fingerprint density at radius 1 is 1.00 bits per heavy atom. The molecule has 0 radical (unpaired) electrons. The Hall–Kier alpha value is -3.18. The van der Waals surface area contributed by atoms with Gasteiger partial charge in [0.2, 0.25) is 0 Å². The summed E-state index contributed by atoms with van der Waals surface area (Å²) in [5.41, 5.74) is 2.08. The van der Waals surface area contributed by atoms with E-state index in [2.05, 4.69) is 35.9 Å². The van der Waals surface area contributed by atoms with Gasteiger partial charge in [-0.15, -0.1) is 0 Å². The van der Waals surface area contributed by atoms with Gasteiger partial charge >= 0.3 is 0 Å². The lowest BCUT2D eigenvalue weighted by atomic mass is 10.1. The molecule has 8 nitrogen and oxygen atoms in total. The SMILES string of the molecule is Cc1nc(N2CCN(c3nc(C)c(Cl)c(C)c3C#N)CC2)cc(-n2cccn2)n1. The molecule has 1 aliphatic heterocycles. The van der Waals surface area contributed by atoms with Crippen molar-refractivity contribution in [1.82, 2.24) is 24.7 Å². The molecule has 0 bridgehead atoms. The van der Waals surface area contributed by atoms with Crippen LogP contribution < -0.4 is 9.80 Å². The minimum Gasteiger partial charge on any atom is -0.353 e. The number of aromatic nitrogens is 5. The zero-order chi connectivity index (χ0) is 20.5. The summed E-state index contributed by atoms with van der Waals surface area (Å²) in [4.78, 5) is 18.1. The van der Waals surface area contributed by atoms with Crippen molar-refractivity contribution in [1.29, 1.82) is 5.26 Å². The largest absolute Gasteiger partial charge is 0.353 e. The van der Waals surface area contributed by atoms with Crippen LogP contribution in [0.15, 0.2) is 24.5 Å². The van der Waals surface area contributed by atoms with E-state index < -0.39 is 0 Å². The first-order chi connectivity index (χ1) is 14.0. The zero-order valence-corrected chi connectivity index (χ0v) is 17.3. The molecule has 3 aromatic rings. The molecule has 0 aromatic carbocycles. The van der Waals surface area contributed by atoms with E-state index in [0.29, 0.717) is 22.2 Å². The first-order valence-electron chi connectivity index (χ1n) is 9.40. The van der Waals surface area contributed by atoms with Gasteiger partial charge in [0, 0.05) is 44.6 Å². The number of nitriles is 1. The highest BCUT2D eigenvalue weighted by Gasteiger charge is 2.24. The van der Waals surface area contributed by atoms with Crippen molar-refractivity contribution in [2.75, 3.05) is 36.0 Å². The molecule has 1 saturated heterocycles. The highest BCUT2D eigenvalue weighted by Crippen LogP contribution is 2.30. The lowest BCUT2D eigenvalue weighted by molar-refractivity contribution is 0.637. The van der Waals surface area contributed by atoms with Gasteiger partial charge in [0.1, 0.15) is 23.5 Å². The molecule has 4 rings (SSSR count). The molecule has 0 unspecified atom stereocenters. The van der Waals surface area contributed by atoms with E-state index in [9.17, 15) is 5.26 Å². The van der Waals surface area contributed by atoms with E-state index in [4.69, 9.17) is 11.6 Å². The van der Waals surface area contributed by atoms with E-state index >= 15 is 0 Å². The smallest absolute Gasteiger partial charge is 0.159 e. The van der Waals surface area contributed by atoms with Crippen molar-refractivity contribution in [3.05, 3.63) is 52.2 Å². The second kappa shape index (κ2) is 7.68. The van der Waals surface area contributed by atoms with Crippen LogP contribution in [0.2, 0.25) is 5.02 Å². The molecule has 0 atom stereocenters. The Kier molecular flexibility index (Phi) is 5.07. The molecular formula is C20H21ClN8. The van der Waals surface area contributed by atoms with Crippen LogP contribution in [0.25, 0.3) is 5.82 Å². The molecule has 3 aromatic heterocycles. The molecule has 148 valence electrons. The van der Waals surface area contributed by atoms with Gasteiger partial charge in [-0.25, -0.2) is 19.6 Å². The number of pyridine rings is 1. The van der Waals surface area contributed by atoms with Crippen LogP contribution in [-0.2, 0) is 0 Å². The van der Waals surface area contributed by atoms with Gasteiger partial charge in [0.25, 0.3) is 0 Å². The van der Waals surface area contributed by atoms with Crippen LogP contribution in [-0.4, -0.2) is 50.9 Å². The van der Waals surface area contributed by atoms with Gasteiger partial charge < -0.3 is 9.80 Å². The summed E-state index contributed by atoms with van der Waals surface area (Å²) in [6.07, 6.45) is 3.59. The monoisotopic (exact) mass is 408 g/mol. The Morgan fingerprint density at radius 2 is 1.69 bits per heavy atom. The number of anilines is 2. The van der Waals surface area contributed by atoms with Crippen LogP contribution in [0, 0.1) is 32.1 Å². The normalized spacial score (nSPS) is 14.2. The van der Waals surface area contributed by atoms with Crippen LogP contribution in [0.4, 0.5) is 11.6 Å². The van der Waals surface area contributed by atoms with Crippen molar-refractivity contribution in [2.45, 2.75) is 20.8 Å². The highest BCUT2D eigenvalue weighted by molar-refractivity contribution is 6.32. The summed E-state index contributed by atoms with van der Waals surface area (Å²) in [7, 11) is 0. The molecule has 1 aliphatic rings. The van der Waals surface area contributed by atoms with Gasteiger partial charge in [-0.1, -0.05) is 11.6 Å². The van der Waals surface area contributed by atoms with E-state index in [0.717, 1.165) is 49.1 Å². The number of halogens is 1. The average molecular weight is 409 g/mol. The van der Waals surface area contributed by atoms with Crippen LogP contribution in [0.1, 0.15) is 22.6 Å². The van der Waals surface area contributed by atoms with Crippen molar-refractivity contribution in [3.63, 3.8) is 0 Å². The Labute approximate surface area is 174 Å². The fourth-order valence-electron chi connectivity index (χ4n) is 3.54. The van der Waals surface area contributed by atoms with Crippen LogP contribution in [0.5, 0.6) is 0 Å². The van der Waals surface area contributed by atoms with Crippen molar-refractivity contribution >= 4 is 23.2 Å². The molecule has 0 spiro atoms. The Bertz CT molecular complexity index is 1080. The minimum absolute atomic E-state index is 0.549. The molecular weight excluding hydrogens is 388 g/mol. The highest BCUT2D eigenvalue weighted by atomic mass is 35.5. The van der Waals surface area contributed by atoms with Gasteiger partial charge in [-0.05, 0) is 32.4 Å². The van der Waals surface area contributed by atoms with Crippen molar-refractivity contribution in [2.24, 2.45) is 0 Å². The molecule has 0 N–H and O–H groups in total. The van der Waals surface area contributed by atoms with E-state index in [-0.39, 0.29) is 0 Å². The molecule has 9 heteroatoms. The fourth-order valence-corrected chi connectivity index (χ4v) is 3.68. The first-order valence-corrected chi connectivity index (χ1v) is 9.78. The third-order valence-corrected chi connectivity index (χ3v) is 5.64. The predicted molar refractivity (Wildman–Crippen MR) is 112 cm³/mol. The Balaban J connectivity index is 1.56. The number of aryl methyl sites for hydroxylation is 2. The zero-order valence-electron chi connectivity index (χ0n) is 16.6. The van der Waals surface area contributed by atoms with Crippen LogP contribution in [0.3, 0.4) is 0 Å². The third kappa shape index (κ3) is 3.61. The van der Waals surface area contributed by atoms with Gasteiger partial charge in [0.05, 0.1) is 16.3 Å². The van der Waals surface area contributed by atoms with Gasteiger partial charge in [-0.2, -0.15) is 10.4 Å². The maximum atomic E-state index is 9.62. The van der Waals surface area contributed by atoms with Crippen LogP contribution >= 0.6 is 11.6 Å². The molecule has 29 heavy (non-hydrogen) atoms. The fraction of sp³-hybridized carbons (Fsp3) is 0.350. The molecule has 0 aliphatic carbocycles. The van der Waals surface area contributed by atoms with Crippen molar-refractivity contribution in [3.8, 4) is 11.9 Å². The lowest BCUT2D eigenvalue weighted by Gasteiger charge is -2.36. The standard InChI is InChI=1S/C20H21ClN8/c1-13-16(12-22)20(24-14(2)19(13)21)28-9-7-27(8-10-28)17-11-18(26-15(3)25-17)29-6-4-5-23-29/h4-6,11H,7-10H2,1-3H3. The topological polar surface area (TPSA) is 86.8 Å². The summed E-state index contributed by atoms with van der Waals surface area (Å²) >= 11 is 6.29. The van der Waals surface area contributed by atoms with E-state index in [1.807, 2.05) is 39.1 Å². The maximum absolute atomic E-state index is 9.62.